The number of rotatable bonds is 4. The largest absolute Gasteiger partial charge is 0.324 e. The van der Waals surface area contributed by atoms with Gasteiger partial charge >= 0.3 is 0 Å². The summed E-state index contributed by atoms with van der Waals surface area (Å²) in [6.45, 7) is 0. The predicted octanol–water partition coefficient (Wildman–Crippen LogP) is 4.31. The molecule has 3 nitrogen and oxygen atoms in total. The number of benzene rings is 2. The molecule has 0 aliphatic rings. The minimum Gasteiger partial charge on any atom is -0.324 e. The standard InChI is InChI=1S/C16H12Cl2N2O/c17-13-6-7-15(14(18)9-13)20-16(21)12(10-19)8-11-4-2-1-3-5-11/h1-7,9,12H,8H2,(H,20,21). The Balaban J connectivity index is 2.09. The van der Waals surface area contributed by atoms with Crippen molar-refractivity contribution in [2.45, 2.75) is 6.42 Å². The van der Waals surface area contributed by atoms with Crippen molar-refractivity contribution < 1.29 is 4.79 Å². The zero-order valence-corrected chi connectivity index (χ0v) is 12.5. The lowest BCUT2D eigenvalue weighted by molar-refractivity contribution is -0.118. The molecule has 0 heterocycles. The molecule has 1 atom stereocenters. The van der Waals surface area contributed by atoms with Crippen LogP contribution in [0.15, 0.2) is 48.5 Å². The van der Waals surface area contributed by atoms with Gasteiger partial charge in [-0.2, -0.15) is 5.26 Å². The molecule has 5 heteroatoms. The van der Waals surface area contributed by atoms with Gasteiger partial charge in [0.25, 0.3) is 0 Å². The van der Waals surface area contributed by atoms with E-state index in [1.54, 1.807) is 12.1 Å². The summed E-state index contributed by atoms with van der Waals surface area (Å²) in [6, 6.07) is 16.2. The van der Waals surface area contributed by atoms with E-state index in [9.17, 15) is 10.1 Å². The molecule has 1 amide bonds. The Labute approximate surface area is 133 Å². The summed E-state index contributed by atoms with van der Waals surface area (Å²) in [5.41, 5.74) is 1.38. The Kier molecular flexibility index (Phi) is 5.21. The van der Waals surface area contributed by atoms with Gasteiger partial charge in [0, 0.05) is 5.02 Å². The number of nitrogens with zero attached hydrogens (tertiary/aromatic N) is 1. The smallest absolute Gasteiger partial charge is 0.242 e. The molecule has 0 aliphatic heterocycles. The number of carbonyl (C=O) groups excluding carboxylic acids is 1. The molecule has 0 aromatic heterocycles. The van der Waals surface area contributed by atoms with Crippen LogP contribution in [0.25, 0.3) is 0 Å². The van der Waals surface area contributed by atoms with Crippen LogP contribution in [0, 0.1) is 17.2 Å². The highest BCUT2D eigenvalue weighted by Gasteiger charge is 2.19. The normalized spacial score (nSPS) is 11.5. The van der Waals surface area contributed by atoms with Crippen LogP contribution < -0.4 is 5.32 Å². The molecule has 2 rings (SSSR count). The molecular weight excluding hydrogens is 307 g/mol. The van der Waals surface area contributed by atoms with E-state index < -0.39 is 5.92 Å². The monoisotopic (exact) mass is 318 g/mol. The lowest BCUT2D eigenvalue weighted by atomic mass is 10.00. The van der Waals surface area contributed by atoms with Gasteiger partial charge in [-0.3, -0.25) is 4.79 Å². The van der Waals surface area contributed by atoms with Crippen molar-refractivity contribution in [2.24, 2.45) is 5.92 Å². The van der Waals surface area contributed by atoms with E-state index >= 15 is 0 Å². The number of hydrogen-bond acceptors (Lipinski definition) is 2. The summed E-state index contributed by atoms with van der Waals surface area (Å²) in [5, 5.41) is 12.7. The third kappa shape index (κ3) is 4.22. The van der Waals surface area contributed by atoms with Crippen molar-refractivity contribution in [3.8, 4) is 6.07 Å². The first-order valence-corrected chi connectivity index (χ1v) is 7.05. The zero-order valence-electron chi connectivity index (χ0n) is 11.0. The fraction of sp³-hybridized carbons (Fsp3) is 0.125. The van der Waals surface area contributed by atoms with Crippen LogP contribution in [0.4, 0.5) is 5.69 Å². The van der Waals surface area contributed by atoms with E-state index in [0.717, 1.165) is 5.56 Å². The minimum absolute atomic E-state index is 0.340. The van der Waals surface area contributed by atoms with Gasteiger partial charge in [-0.1, -0.05) is 53.5 Å². The summed E-state index contributed by atoms with van der Waals surface area (Å²) < 4.78 is 0. The minimum atomic E-state index is -0.779. The summed E-state index contributed by atoms with van der Waals surface area (Å²) in [4.78, 5) is 12.2. The van der Waals surface area contributed by atoms with Gasteiger partial charge < -0.3 is 5.32 Å². The maximum Gasteiger partial charge on any atom is 0.242 e. The molecule has 0 aliphatic carbocycles. The molecule has 0 saturated heterocycles. The van der Waals surface area contributed by atoms with Gasteiger partial charge in [0.15, 0.2) is 0 Å². The van der Waals surface area contributed by atoms with Gasteiger partial charge in [-0.15, -0.1) is 0 Å². The number of amides is 1. The molecule has 1 unspecified atom stereocenters. The van der Waals surface area contributed by atoms with Crippen LogP contribution in [0.5, 0.6) is 0 Å². The fourth-order valence-corrected chi connectivity index (χ4v) is 2.31. The predicted molar refractivity (Wildman–Crippen MR) is 84.3 cm³/mol. The molecule has 1 N–H and O–H groups in total. The third-order valence-corrected chi connectivity index (χ3v) is 3.49. The maximum absolute atomic E-state index is 12.2. The second-order valence-electron chi connectivity index (χ2n) is 4.48. The second kappa shape index (κ2) is 7.12. The molecule has 0 bridgehead atoms. The molecular formula is C16H12Cl2N2O. The lowest BCUT2D eigenvalue weighted by Gasteiger charge is -2.11. The lowest BCUT2D eigenvalue weighted by Crippen LogP contribution is -2.23. The fourth-order valence-electron chi connectivity index (χ4n) is 1.86. The highest BCUT2D eigenvalue weighted by atomic mass is 35.5. The van der Waals surface area contributed by atoms with Gasteiger partial charge in [0.1, 0.15) is 5.92 Å². The molecule has 106 valence electrons. The van der Waals surface area contributed by atoms with Crippen molar-refractivity contribution in [1.82, 2.24) is 0 Å². The van der Waals surface area contributed by atoms with Crippen LogP contribution in [0.1, 0.15) is 5.56 Å². The van der Waals surface area contributed by atoms with Crippen LogP contribution in [0.3, 0.4) is 0 Å². The highest BCUT2D eigenvalue weighted by Crippen LogP contribution is 2.26. The molecule has 0 fully saturated rings. The number of carbonyl (C=O) groups is 1. The molecule has 2 aromatic carbocycles. The van der Waals surface area contributed by atoms with Crippen molar-refractivity contribution >= 4 is 34.8 Å². The average Bonchev–Trinajstić information content (AvgIpc) is 2.48. The molecule has 0 saturated carbocycles. The van der Waals surface area contributed by atoms with Gasteiger partial charge in [0.05, 0.1) is 16.8 Å². The topological polar surface area (TPSA) is 52.9 Å². The van der Waals surface area contributed by atoms with Crippen LogP contribution in [-0.2, 0) is 11.2 Å². The molecule has 0 spiro atoms. The number of hydrogen-bond donors (Lipinski definition) is 1. The zero-order chi connectivity index (χ0) is 15.2. The Bertz CT molecular complexity index is 680. The Morgan fingerprint density at radius 1 is 1.19 bits per heavy atom. The number of anilines is 1. The van der Waals surface area contributed by atoms with E-state index in [0.29, 0.717) is 22.2 Å². The van der Waals surface area contributed by atoms with Gasteiger partial charge in [-0.25, -0.2) is 0 Å². The first-order valence-electron chi connectivity index (χ1n) is 6.29. The number of nitrogens with one attached hydrogen (secondary N) is 1. The van der Waals surface area contributed by atoms with E-state index in [1.165, 1.54) is 6.07 Å². The van der Waals surface area contributed by atoms with Crippen LogP contribution >= 0.6 is 23.2 Å². The Morgan fingerprint density at radius 3 is 2.52 bits per heavy atom. The summed E-state index contributed by atoms with van der Waals surface area (Å²) in [7, 11) is 0. The van der Waals surface area contributed by atoms with Crippen molar-refractivity contribution in [3.63, 3.8) is 0 Å². The summed E-state index contributed by atoms with van der Waals surface area (Å²) >= 11 is 11.8. The first-order chi connectivity index (χ1) is 10.1. The molecule has 21 heavy (non-hydrogen) atoms. The SMILES string of the molecule is N#CC(Cc1ccccc1)C(=O)Nc1ccc(Cl)cc1Cl. The van der Waals surface area contributed by atoms with Crippen LogP contribution in [-0.4, -0.2) is 5.91 Å². The Hall–Kier alpha value is -2.02. The number of nitriles is 1. The molecule has 2 aromatic rings. The Morgan fingerprint density at radius 2 is 1.90 bits per heavy atom. The van der Waals surface area contributed by atoms with Crippen molar-refractivity contribution in [2.75, 3.05) is 5.32 Å². The number of halogens is 2. The highest BCUT2D eigenvalue weighted by molar-refractivity contribution is 6.36. The summed E-state index contributed by atoms with van der Waals surface area (Å²) in [5.74, 6) is -1.16. The quantitative estimate of drug-likeness (QED) is 0.913. The first kappa shape index (κ1) is 15.4. The second-order valence-corrected chi connectivity index (χ2v) is 5.33. The van der Waals surface area contributed by atoms with Crippen molar-refractivity contribution in [1.29, 1.82) is 5.26 Å². The third-order valence-electron chi connectivity index (χ3n) is 2.94. The van der Waals surface area contributed by atoms with E-state index in [1.807, 2.05) is 36.4 Å². The van der Waals surface area contributed by atoms with Crippen LogP contribution in [0.2, 0.25) is 10.0 Å². The van der Waals surface area contributed by atoms with Gasteiger partial charge in [0.2, 0.25) is 5.91 Å². The maximum atomic E-state index is 12.2. The molecule has 0 radical (unpaired) electrons. The van der Waals surface area contributed by atoms with E-state index in [2.05, 4.69) is 5.32 Å². The average molecular weight is 319 g/mol. The van der Waals surface area contributed by atoms with Gasteiger partial charge in [-0.05, 0) is 30.2 Å². The summed E-state index contributed by atoms with van der Waals surface area (Å²) in [6.07, 6.45) is 0.356. The van der Waals surface area contributed by atoms with Crippen molar-refractivity contribution in [3.05, 3.63) is 64.1 Å². The van der Waals surface area contributed by atoms with E-state index in [4.69, 9.17) is 23.2 Å². The van der Waals surface area contributed by atoms with E-state index in [-0.39, 0.29) is 5.91 Å².